The molecule has 36 heavy (non-hydrogen) atoms. The molecule has 0 aliphatic heterocycles. The van der Waals surface area contributed by atoms with Gasteiger partial charge in [0.25, 0.3) is 5.91 Å². The summed E-state index contributed by atoms with van der Waals surface area (Å²) < 4.78 is 0. The third-order valence-corrected chi connectivity index (χ3v) is 7.58. The average molecular weight is 511 g/mol. The monoisotopic (exact) mass is 510 g/mol. The number of thiophene rings is 1. The third-order valence-electron chi connectivity index (χ3n) is 6.43. The minimum Gasteiger partial charge on any atom is -0.331 e. The molecule has 0 bridgehead atoms. The number of hydrogen-bond donors (Lipinski definition) is 0. The van der Waals surface area contributed by atoms with Gasteiger partial charge in [0, 0.05) is 39.9 Å². The molecule has 3 nitrogen and oxygen atoms in total. The largest absolute Gasteiger partial charge is 0.331 e. The van der Waals surface area contributed by atoms with Crippen molar-refractivity contribution >= 4 is 39.7 Å². The fourth-order valence-electron chi connectivity index (χ4n) is 4.42. The van der Waals surface area contributed by atoms with Crippen LogP contribution in [0.1, 0.15) is 33.3 Å². The molecule has 0 aliphatic carbocycles. The summed E-state index contributed by atoms with van der Waals surface area (Å²) in [4.78, 5) is 22.4. The van der Waals surface area contributed by atoms with Gasteiger partial charge in [-0.3, -0.25) is 4.79 Å². The van der Waals surface area contributed by atoms with Gasteiger partial charge in [0.1, 0.15) is 0 Å². The number of fused-ring (bicyclic) bond motifs is 1. The van der Waals surface area contributed by atoms with Crippen molar-refractivity contribution in [3.63, 3.8) is 0 Å². The number of halogens is 1. The zero-order valence-corrected chi connectivity index (χ0v) is 21.9. The average Bonchev–Trinajstić information content (AvgIpc) is 3.40. The van der Waals surface area contributed by atoms with Crippen LogP contribution in [0.2, 0.25) is 5.02 Å². The van der Waals surface area contributed by atoms with Crippen molar-refractivity contribution in [2.24, 2.45) is 0 Å². The maximum atomic E-state index is 14.3. The Hall–Kier alpha value is -3.47. The first kappa shape index (κ1) is 24.2. The lowest BCUT2D eigenvalue weighted by Gasteiger charge is -2.30. The van der Waals surface area contributed by atoms with E-state index in [1.54, 1.807) is 11.3 Å². The van der Waals surface area contributed by atoms with E-state index in [9.17, 15) is 4.79 Å². The van der Waals surface area contributed by atoms with Gasteiger partial charge in [-0.15, -0.1) is 11.3 Å². The topological polar surface area (TPSA) is 33.2 Å². The van der Waals surface area contributed by atoms with Crippen LogP contribution in [0.25, 0.3) is 22.2 Å². The van der Waals surface area contributed by atoms with Crippen molar-refractivity contribution in [1.82, 2.24) is 9.88 Å². The quantitative estimate of drug-likeness (QED) is 0.221. The number of pyridine rings is 1. The molecule has 0 saturated heterocycles. The molecule has 1 atom stereocenters. The van der Waals surface area contributed by atoms with Crippen LogP contribution < -0.4 is 0 Å². The summed E-state index contributed by atoms with van der Waals surface area (Å²) in [5.74, 6) is 0.000896. The number of carbonyl (C=O) groups is 1. The second-order valence-electron chi connectivity index (χ2n) is 9.13. The lowest BCUT2D eigenvalue weighted by atomic mass is 10.0. The smallest absolute Gasteiger partial charge is 0.255 e. The maximum Gasteiger partial charge on any atom is 0.255 e. The predicted octanol–water partition coefficient (Wildman–Crippen LogP) is 8.20. The third kappa shape index (κ3) is 5.35. The molecule has 5 heteroatoms. The Balaban J connectivity index is 1.58. The van der Waals surface area contributed by atoms with E-state index in [0.717, 1.165) is 34.1 Å². The number of nitrogens with zero attached hydrogens (tertiary/aromatic N) is 2. The number of para-hydroxylation sites is 1. The van der Waals surface area contributed by atoms with Crippen molar-refractivity contribution in [2.75, 3.05) is 0 Å². The van der Waals surface area contributed by atoms with Crippen LogP contribution in [0, 0.1) is 6.92 Å². The van der Waals surface area contributed by atoms with Gasteiger partial charge in [-0.1, -0.05) is 77.8 Å². The highest BCUT2D eigenvalue weighted by atomic mass is 35.5. The Kier molecular flexibility index (Phi) is 7.17. The fourth-order valence-corrected chi connectivity index (χ4v) is 5.38. The van der Waals surface area contributed by atoms with E-state index in [1.165, 1.54) is 10.4 Å². The first-order valence-electron chi connectivity index (χ1n) is 12.0. The van der Waals surface area contributed by atoms with E-state index < -0.39 is 0 Å². The van der Waals surface area contributed by atoms with Crippen molar-refractivity contribution in [2.45, 2.75) is 32.9 Å². The van der Waals surface area contributed by atoms with Gasteiger partial charge in [-0.05, 0) is 55.1 Å². The zero-order chi connectivity index (χ0) is 25.1. The normalized spacial score (nSPS) is 12.0. The van der Waals surface area contributed by atoms with E-state index in [1.807, 2.05) is 59.5 Å². The second-order valence-corrected chi connectivity index (χ2v) is 10.6. The zero-order valence-electron chi connectivity index (χ0n) is 20.3. The molecule has 2 heterocycles. The standard InChI is InChI=1S/C31H27ClN2OS/c1-21-9-13-24(14-10-21)30-19-28(27-7-3-4-8-29(27)33-30)31(35)34(20-23-11-15-25(32)16-12-23)22(2)18-26-6-5-17-36-26/h3-17,19,22H,18,20H2,1-2H3/t22-/m0/s1. The molecule has 0 spiro atoms. The van der Waals surface area contributed by atoms with Gasteiger partial charge in [-0.2, -0.15) is 0 Å². The number of rotatable bonds is 7. The van der Waals surface area contributed by atoms with Crippen molar-refractivity contribution in [1.29, 1.82) is 0 Å². The summed E-state index contributed by atoms with van der Waals surface area (Å²) in [5.41, 5.74) is 5.51. The Morgan fingerprint density at radius 1 is 0.972 bits per heavy atom. The van der Waals surface area contributed by atoms with Gasteiger partial charge in [0.2, 0.25) is 0 Å². The Morgan fingerprint density at radius 2 is 1.72 bits per heavy atom. The molecular formula is C31H27ClN2OS. The van der Waals surface area contributed by atoms with Gasteiger partial charge in [-0.25, -0.2) is 4.98 Å². The van der Waals surface area contributed by atoms with Crippen molar-refractivity contribution < 1.29 is 4.79 Å². The number of hydrogen-bond acceptors (Lipinski definition) is 3. The highest BCUT2D eigenvalue weighted by molar-refractivity contribution is 7.09. The fraction of sp³-hybridized carbons (Fsp3) is 0.161. The summed E-state index contributed by atoms with van der Waals surface area (Å²) in [7, 11) is 0. The van der Waals surface area contributed by atoms with Crippen LogP contribution in [0.4, 0.5) is 0 Å². The van der Waals surface area contributed by atoms with Crippen LogP contribution in [0.15, 0.2) is 96.4 Å². The minimum atomic E-state index is 0.000896. The predicted molar refractivity (Wildman–Crippen MR) is 151 cm³/mol. The van der Waals surface area contributed by atoms with E-state index >= 15 is 0 Å². The highest BCUT2D eigenvalue weighted by Crippen LogP contribution is 2.28. The lowest BCUT2D eigenvalue weighted by Crippen LogP contribution is -2.39. The molecule has 0 N–H and O–H groups in total. The molecule has 1 amide bonds. The van der Waals surface area contributed by atoms with Crippen LogP contribution in [0.5, 0.6) is 0 Å². The number of benzene rings is 3. The summed E-state index contributed by atoms with van der Waals surface area (Å²) in [6, 6.07) is 30.0. The maximum absolute atomic E-state index is 14.3. The van der Waals surface area contributed by atoms with Crippen molar-refractivity contribution in [3.8, 4) is 11.3 Å². The molecule has 5 aromatic rings. The molecule has 0 radical (unpaired) electrons. The molecule has 0 saturated carbocycles. The first-order valence-corrected chi connectivity index (χ1v) is 13.3. The summed E-state index contributed by atoms with van der Waals surface area (Å²) >= 11 is 7.85. The van der Waals surface area contributed by atoms with E-state index in [4.69, 9.17) is 16.6 Å². The molecule has 0 aliphatic rings. The van der Waals surface area contributed by atoms with Gasteiger partial charge < -0.3 is 4.90 Å². The molecular weight excluding hydrogens is 484 g/mol. The number of amides is 1. The number of aromatic nitrogens is 1. The van der Waals surface area contributed by atoms with Crippen LogP contribution in [-0.4, -0.2) is 21.8 Å². The van der Waals surface area contributed by atoms with Gasteiger partial charge in [0.15, 0.2) is 0 Å². The number of aryl methyl sites for hydroxylation is 1. The summed E-state index contributed by atoms with van der Waals surface area (Å²) in [6.45, 7) is 4.69. The highest BCUT2D eigenvalue weighted by Gasteiger charge is 2.25. The molecule has 2 aromatic heterocycles. The van der Waals surface area contributed by atoms with Crippen LogP contribution in [0.3, 0.4) is 0 Å². The van der Waals surface area contributed by atoms with E-state index in [-0.39, 0.29) is 11.9 Å². The van der Waals surface area contributed by atoms with Crippen LogP contribution >= 0.6 is 22.9 Å². The molecule has 3 aromatic carbocycles. The summed E-state index contributed by atoms with van der Waals surface area (Å²) in [5, 5.41) is 3.63. The molecule has 5 rings (SSSR count). The minimum absolute atomic E-state index is 0.000896. The van der Waals surface area contributed by atoms with Crippen molar-refractivity contribution in [3.05, 3.63) is 123 Å². The second kappa shape index (κ2) is 10.7. The Bertz CT molecular complexity index is 1480. The molecule has 0 unspecified atom stereocenters. The first-order chi connectivity index (χ1) is 17.5. The summed E-state index contributed by atoms with van der Waals surface area (Å²) in [6.07, 6.45) is 0.796. The van der Waals surface area contributed by atoms with Gasteiger partial charge >= 0.3 is 0 Å². The van der Waals surface area contributed by atoms with E-state index in [2.05, 4.69) is 55.6 Å². The van der Waals surface area contributed by atoms with Gasteiger partial charge in [0.05, 0.1) is 16.8 Å². The number of carbonyl (C=O) groups excluding carboxylic acids is 1. The SMILES string of the molecule is Cc1ccc(-c2cc(C(=O)N(Cc3ccc(Cl)cc3)[C@@H](C)Cc3cccs3)c3ccccc3n2)cc1. The Morgan fingerprint density at radius 3 is 2.44 bits per heavy atom. The van der Waals surface area contributed by atoms with E-state index in [0.29, 0.717) is 17.1 Å². The lowest BCUT2D eigenvalue weighted by molar-refractivity contribution is 0.0678. The van der Waals surface area contributed by atoms with Crippen LogP contribution in [-0.2, 0) is 13.0 Å². The molecule has 0 fully saturated rings. The molecule has 180 valence electrons. The Labute approximate surface area is 221 Å².